The summed E-state index contributed by atoms with van der Waals surface area (Å²) in [5.41, 5.74) is 0. The van der Waals surface area contributed by atoms with Crippen LogP contribution in [0.1, 0.15) is 13.3 Å². The summed E-state index contributed by atoms with van der Waals surface area (Å²) >= 11 is 0. The third-order valence-electron chi connectivity index (χ3n) is 6.61. The molecule has 16 heteroatoms. The maximum absolute atomic E-state index is 10.3. The Labute approximate surface area is 206 Å². The third kappa shape index (κ3) is 6.15. The Bertz CT molecular complexity index is 668. The van der Waals surface area contributed by atoms with Crippen LogP contribution in [0.2, 0.25) is 0 Å². The molecule has 0 radical (unpaired) electrons. The molecule has 0 spiro atoms. The van der Waals surface area contributed by atoms with E-state index in [1.807, 2.05) is 0 Å². The van der Waals surface area contributed by atoms with Gasteiger partial charge in [0.15, 0.2) is 12.6 Å². The molecule has 3 heterocycles. The Balaban J connectivity index is 1.59. The molecule has 36 heavy (non-hydrogen) atoms. The van der Waals surface area contributed by atoms with Crippen LogP contribution in [0.4, 0.5) is 0 Å². The average Bonchev–Trinajstić information content (AvgIpc) is 2.87. The molecule has 15 unspecified atom stereocenters. The molecule has 3 fully saturated rings. The lowest BCUT2D eigenvalue weighted by Crippen LogP contribution is -2.62. The number of ether oxygens (including phenoxy) is 6. The highest BCUT2D eigenvalue weighted by molar-refractivity contribution is 4.93. The van der Waals surface area contributed by atoms with Crippen LogP contribution in [0.15, 0.2) is 0 Å². The second-order valence-corrected chi connectivity index (χ2v) is 8.93. The van der Waals surface area contributed by atoms with Crippen molar-refractivity contribution >= 4 is 0 Å². The van der Waals surface area contributed by atoms with Crippen LogP contribution >= 0.6 is 0 Å². The van der Waals surface area contributed by atoms with E-state index in [1.54, 1.807) is 6.92 Å². The summed E-state index contributed by atoms with van der Waals surface area (Å²) in [5, 5.41) is 90.4. The lowest BCUT2D eigenvalue weighted by atomic mass is 9.97. The minimum Gasteiger partial charge on any atom is -0.388 e. The highest BCUT2D eigenvalue weighted by atomic mass is 17.1. The van der Waals surface area contributed by atoms with Crippen molar-refractivity contribution in [1.29, 1.82) is 0 Å². The number of rotatable bonds is 9. The Morgan fingerprint density at radius 3 is 1.42 bits per heavy atom. The van der Waals surface area contributed by atoms with E-state index in [9.17, 15) is 40.9 Å². The molecule has 0 aromatic carbocycles. The van der Waals surface area contributed by atoms with Crippen LogP contribution in [0.5, 0.6) is 0 Å². The zero-order chi connectivity index (χ0) is 26.7. The van der Waals surface area contributed by atoms with Gasteiger partial charge >= 0.3 is 0 Å². The van der Waals surface area contributed by atoms with Gasteiger partial charge in [0.05, 0.1) is 19.3 Å². The number of hydrogen-bond acceptors (Lipinski definition) is 16. The molecule has 3 aliphatic heterocycles. The van der Waals surface area contributed by atoms with Gasteiger partial charge in [-0.15, -0.1) is 0 Å². The van der Waals surface area contributed by atoms with Gasteiger partial charge in [-0.3, -0.25) is 0 Å². The zero-order valence-corrected chi connectivity index (χ0v) is 19.7. The number of hydrogen-bond donors (Lipinski definition) is 9. The van der Waals surface area contributed by atoms with Crippen molar-refractivity contribution in [3.8, 4) is 0 Å². The maximum atomic E-state index is 10.3. The monoisotopic (exact) mass is 532 g/mol. The lowest BCUT2D eigenvalue weighted by Gasteiger charge is -2.44. The molecule has 9 N–H and O–H groups in total. The normalized spacial score (nSPS) is 50.2. The summed E-state index contributed by atoms with van der Waals surface area (Å²) in [6.07, 6.45) is -21.4. The largest absolute Gasteiger partial charge is 0.388 e. The van der Waals surface area contributed by atoms with Crippen molar-refractivity contribution < 1.29 is 79.4 Å². The van der Waals surface area contributed by atoms with Gasteiger partial charge in [-0.1, -0.05) is 6.92 Å². The Kier molecular flexibility index (Phi) is 10.8. The molecular weight excluding hydrogens is 496 g/mol. The lowest BCUT2D eigenvalue weighted by molar-refractivity contribution is -0.410. The van der Waals surface area contributed by atoms with Crippen molar-refractivity contribution in [3.63, 3.8) is 0 Å². The fraction of sp³-hybridized carbons (Fsp3) is 1.00. The van der Waals surface area contributed by atoms with Crippen molar-refractivity contribution in [2.45, 2.75) is 105 Å². The summed E-state index contributed by atoms with van der Waals surface area (Å²) in [6.45, 7) is 0.696. The first kappa shape index (κ1) is 29.9. The van der Waals surface area contributed by atoms with Gasteiger partial charge in [-0.25, -0.2) is 10.1 Å². The zero-order valence-electron chi connectivity index (χ0n) is 19.7. The second kappa shape index (κ2) is 12.9. The molecule has 3 saturated heterocycles. The minimum atomic E-state index is -1.75. The Hall–Kier alpha value is -0.640. The van der Waals surface area contributed by atoms with Gasteiger partial charge in [-0.05, 0) is 6.42 Å². The molecule has 0 saturated carbocycles. The maximum Gasteiger partial charge on any atom is 0.220 e. The van der Waals surface area contributed by atoms with E-state index < -0.39 is 105 Å². The highest BCUT2D eigenvalue weighted by Gasteiger charge is 2.49. The smallest absolute Gasteiger partial charge is 0.220 e. The summed E-state index contributed by atoms with van der Waals surface area (Å²) in [4.78, 5) is 4.12. The van der Waals surface area contributed by atoms with Gasteiger partial charge < -0.3 is 69.3 Å². The van der Waals surface area contributed by atoms with Crippen LogP contribution in [-0.4, -0.2) is 159 Å². The molecule has 212 valence electrons. The molecule has 0 aromatic heterocycles. The fourth-order valence-corrected chi connectivity index (χ4v) is 4.34. The molecule has 0 aromatic rings. The van der Waals surface area contributed by atoms with Gasteiger partial charge in [0.25, 0.3) is 0 Å². The first-order valence-electron chi connectivity index (χ1n) is 11.5. The minimum absolute atomic E-state index is 0.311. The summed E-state index contributed by atoms with van der Waals surface area (Å²) in [6, 6.07) is 0. The van der Waals surface area contributed by atoms with E-state index in [0.29, 0.717) is 6.42 Å². The standard InChI is InChI=1S/C20H36O16/c1-3-6-9(21)12(24)15(27)18(33-6)31-4-7-10(22)13(25)16(28)19(34-7)32-5-8-11(23)14(26)17(30-2)20(35-8)36-29/h6-29H,3-5H2,1-2H3. The van der Waals surface area contributed by atoms with E-state index >= 15 is 0 Å². The predicted octanol–water partition coefficient (Wildman–Crippen LogP) is -5.00. The van der Waals surface area contributed by atoms with Gasteiger partial charge in [0.2, 0.25) is 6.29 Å². The molecule has 3 aliphatic rings. The van der Waals surface area contributed by atoms with Crippen LogP contribution in [0.3, 0.4) is 0 Å². The average molecular weight is 532 g/mol. The molecular formula is C20H36O16. The molecule has 16 nitrogen and oxygen atoms in total. The number of aliphatic hydroxyl groups excluding tert-OH is 8. The van der Waals surface area contributed by atoms with E-state index in [2.05, 4.69) is 4.89 Å². The Morgan fingerprint density at radius 1 is 0.556 bits per heavy atom. The van der Waals surface area contributed by atoms with Gasteiger partial charge in [0, 0.05) is 7.11 Å². The summed E-state index contributed by atoms with van der Waals surface area (Å²) in [5.74, 6) is 0. The van der Waals surface area contributed by atoms with Crippen molar-refractivity contribution in [2.75, 3.05) is 20.3 Å². The van der Waals surface area contributed by atoms with Crippen molar-refractivity contribution in [3.05, 3.63) is 0 Å². The molecule has 3 rings (SSSR count). The summed E-state index contributed by atoms with van der Waals surface area (Å²) < 4.78 is 32.0. The molecule has 0 amide bonds. The topological polar surface area (TPSA) is 247 Å². The van der Waals surface area contributed by atoms with E-state index in [4.69, 9.17) is 33.7 Å². The number of methoxy groups -OCH3 is 1. The van der Waals surface area contributed by atoms with Crippen molar-refractivity contribution in [2.24, 2.45) is 0 Å². The molecule has 0 bridgehead atoms. The summed E-state index contributed by atoms with van der Waals surface area (Å²) in [7, 11) is 1.20. The van der Waals surface area contributed by atoms with E-state index in [1.165, 1.54) is 7.11 Å². The first-order valence-corrected chi connectivity index (χ1v) is 11.5. The van der Waals surface area contributed by atoms with Crippen LogP contribution in [0, 0.1) is 0 Å². The van der Waals surface area contributed by atoms with Gasteiger partial charge in [0.1, 0.15) is 67.1 Å². The van der Waals surface area contributed by atoms with E-state index in [0.717, 1.165) is 0 Å². The predicted molar refractivity (Wildman–Crippen MR) is 111 cm³/mol. The molecule has 0 aliphatic carbocycles. The third-order valence-corrected chi connectivity index (χ3v) is 6.61. The second-order valence-electron chi connectivity index (χ2n) is 8.93. The van der Waals surface area contributed by atoms with E-state index in [-0.39, 0.29) is 0 Å². The SMILES string of the molecule is CCC1OC(OCC2OC(OCC3OC(OO)C(OC)C(O)C3O)C(O)C(O)C2O)C(O)C(O)C1O. The first-order chi connectivity index (χ1) is 17.0. The number of aliphatic hydroxyl groups is 8. The van der Waals surface area contributed by atoms with Crippen molar-refractivity contribution in [1.82, 2.24) is 0 Å². The fourth-order valence-electron chi connectivity index (χ4n) is 4.34. The van der Waals surface area contributed by atoms with Gasteiger partial charge in [-0.2, -0.15) is 0 Å². The Morgan fingerprint density at radius 2 is 0.972 bits per heavy atom. The highest BCUT2D eigenvalue weighted by Crippen LogP contribution is 2.28. The quantitative estimate of drug-likeness (QED) is 0.0996. The molecule has 15 atom stereocenters. The van der Waals surface area contributed by atoms with Crippen LogP contribution in [0.25, 0.3) is 0 Å². The van der Waals surface area contributed by atoms with Crippen LogP contribution in [-0.2, 0) is 33.3 Å². The van der Waals surface area contributed by atoms with Crippen LogP contribution < -0.4 is 0 Å².